The van der Waals surface area contributed by atoms with Gasteiger partial charge in [0.25, 0.3) is 0 Å². The lowest BCUT2D eigenvalue weighted by Gasteiger charge is -2.24. The Morgan fingerprint density at radius 3 is 2.80 bits per heavy atom. The molecule has 0 spiro atoms. The van der Waals surface area contributed by atoms with Gasteiger partial charge < -0.3 is 9.64 Å². The normalized spacial score (nSPS) is 18.8. The van der Waals surface area contributed by atoms with Gasteiger partial charge in [-0.3, -0.25) is 9.48 Å². The van der Waals surface area contributed by atoms with Crippen LogP contribution < -0.4 is 0 Å². The molecule has 0 unspecified atom stereocenters. The zero-order chi connectivity index (χ0) is 14.7. The number of amides is 1. The largest absolute Gasteiger partial charge is 0.383 e. The second-order valence-corrected chi connectivity index (χ2v) is 5.61. The summed E-state index contributed by atoms with van der Waals surface area (Å²) in [7, 11) is 3.64. The van der Waals surface area contributed by atoms with Gasteiger partial charge in [-0.05, 0) is 38.7 Å². The summed E-state index contributed by atoms with van der Waals surface area (Å²) in [4.78, 5) is 14.4. The number of hydrogen-bond donors (Lipinski definition) is 0. The van der Waals surface area contributed by atoms with Crippen LogP contribution in [-0.4, -0.2) is 46.9 Å². The van der Waals surface area contributed by atoms with E-state index in [1.165, 1.54) is 5.56 Å². The van der Waals surface area contributed by atoms with E-state index in [0.29, 0.717) is 13.0 Å². The van der Waals surface area contributed by atoms with Crippen LogP contribution in [0.1, 0.15) is 36.2 Å². The van der Waals surface area contributed by atoms with E-state index >= 15 is 0 Å². The van der Waals surface area contributed by atoms with Gasteiger partial charge in [-0.2, -0.15) is 5.10 Å². The van der Waals surface area contributed by atoms with Crippen molar-refractivity contribution in [2.24, 2.45) is 7.05 Å². The van der Waals surface area contributed by atoms with Crippen LogP contribution in [0.15, 0.2) is 0 Å². The average molecular weight is 279 g/mol. The highest BCUT2D eigenvalue weighted by Crippen LogP contribution is 2.20. The van der Waals surface area contributed by atoms with E-state index in [4.69, 9.17) is 4.74 Å². The molecule has 1 aliphatic heterocycles. The lowest BCUT2D eigenvalue weighted by Crippen LogP contribution is -2.38. The fourth-order valence-electron chi connectivity index (χ4n) is 3.08. The summed E-state index contributed by atoms with van der Waals surface area (Å²) in [6.45, 7) is 5.59. The van der Waals surface area contributed by atoms with Crippen LogP contribution in [0.5, 0.6) is 0 Å². The number of hydrogen-bond acceptors (Lipinski definition) is 3. The first kappa shape index (κ1) is 15.0. The van der Waals surface area contributed by atoms with Gasteiger partial charge in [0.15, 0.2) is 0 Å². The van der Waals surface area contributed by atoms with Crippen molar-refractivity contribution in [3.8, 4) is 0 Å². The van der Waals surface area contributed by atoms with E-state index in [-0.39, 0.29) is 11.9 Å². The molecule has 20 heavy (non-hydrogen) atoms. The highest BCUT2D eigenvalue weighted by atomic mass is 16.5. The predicted molar refractivity (Wildman–Crippen MR) is 77.6 cm³/mol. The van der Waals surface area contributed by atoms with E-state index in [0.717, 1.165) is 37.2 Å². The molecule has 1 fully saturated rings. The summed E-state index contributed by atoms with van der Waals surface area (Å²) in [6, 6.07) is 0.267. The van der Waals surface area contributed by atoms with Crippen molar-refractivity contribution in [3.63, 3.8) is 0 Å². The minimum atomic E-state index is 0.243. The number of nitrogens with zero attached hydrogens (tertiary/aromatic N) is 3. The fourth-order valence-corrected chi connectivity index (χ4v) is 3.08. The van der Waals surface area contributed by atoms with Crippen molar-refractivity contribution >= 4 is 5.91 Å². The molecule has 5 nitrogen and oxygen atoms in total. The number of carbonyl (C=O) groups is 1. The van der Waals surface area contributed by atoms with Gasteiger partial charge in [0.1, 0.15) is 0 Å². The molecule has 1 aliphatic rings. The molecule has 0 aromatic carbocycles. The van der Waals surface area contributed by atoms with Crippen LogP contribution >= 0.6 is 0 Å². The van der Waals surface area contributed by atoms with Crippen molar-refractivity contribution in [3.05, 3.63) is 17.0 Å². The lowest BCUT2D eigenvalue weighted by molar-refractivity contribution is -0.132. The summed E-state index contributed by atoms with van der Waals surface area (Å²) in [5.74, 6) is 0.243. The van der Waals surface area contributed by atoms with Crippen molar-refractivity contribution in [1.82, 2.24) is 14.7 Å². The summed E-state index contributed by atoms with van der Waals surface area (Å²) in [5, 5.41) is 4.40. The lowest BCUT2D eigenvalue weighted by atomic mass is 10.1. The minimum Gasteiger partial charge on any atom is -0.383 e. The van der Waals surface area contributed by atoms with Crippen molar-refractivity contribution in [1.29, 1.82) is 0 Å². The van der Waals surface area contributed by atoms with E-state index < -0.39 is 0 Å². The third kappa shape index (κ3) is 3.03. The molecule has 1 saturated heterocycles. The molecular weight excluding hydrogens is 254 g/mol. The summed E-state index contributed by atoms with van der Waals surface area (Å²) < 4.78 is 7.09. The second-order valence-electron chi connectivity index (χ2n) is 5.61. The maximum Gasteiger partial charge on any atom is 0.223 e. The van der Waals surface area contributed by atoms with Gasteiger partial charge in [0.05, 0.1) is 18.3 Å². The number of carbonyl (C=O) groups excluding carboxylic acids is 1. The Balaban J connectivity index is 1.95. The maximum atomic E-state index is 12.4. The Kier molecular flexibility index (Phi) is 4.81. The standard InChI is InChI=1S/C15H25N3O2/c1-11-14(12(2)17(3)16-11)7-8-15(19)18-9-5-6-13(18)10-20-4/h13H,5-10H2,1-4H3/t13-/m0/s1. The third-order valence-corrected chi connectivity index (χ3v) is 4.30. The van der Waals surface area contributed by atoms with Crippen LogP contribution in [0, 0.1) is 13.8 Å². The van der Waals surface area contributed by atoms with Gasteiger partial charge >= 0.3 is 0 Å². The maximum absolute atomic E-state index is 12.4. The number of rotatable bonds is 5. The van der Waals surface area contributed by atoms with Crippen molar-refractivity contribution < 1.29 is 9.53 Å². The Morgan fingerprint density at radius 1 is 1.45 bits per heavy atom. The monoisotopic (exact) mass is 279 g/mol. The molecular formula is C15H25N3O2. The highest BCUT2D eigenvalue weighted by Gasteiger charge is 2.28. The van der Waals surface area contributed by atoms with Crippen LogP contribution in [0.25, 0.3) is 0 Å². The van der Waals surface area contributed by atoms with E-state index in [1.807, 2.05) is 23.6 Å². The quantitative estimate of drug-likeness (QED) is 0.822. The van der Waals surface area contributed by atoms with E-state index in [9.17, 15) is 4.79 Å². The summed E-state index contributed by atoms with van der Waals surface area (Å²) in [6.07, 6.45) is 3.49. The van der Waals surface area contributed by atoms with E-state index in [1.54, 1.807) is 7.11 Å². The number of ether oxygens (including phenoxy) is 1. The smallest absolute Gasteiger partial charge is 0.223 e. The Morgan fingerprint density at radius 2 is 2.20 bits per heavy atom. The predicted octanol–water partition coefficient (Wildman–Crippen LogP) is 1.61. The topological polar surface area (TPSA) is 47.4 Å². The Labute approximate surface area is 120 Å². The molecule has 0 N–H and O–H groups in total. The first-order valence-corrected chi connectivity index (χ1v) is 7.32. The van der Waals surface area contributed by atoms with Gasteiger partial charge in [0, 0.05) is 32.8 Å². The number of aromatic nitrogens is 2. The molecule has 5 heteroatoms. The molecule has 0 saturated carbocycles. The molecule has 1 amide bonds. The SMILES string of the molecule is COC[C@@H]1CCCN1C(=O)CCc1c(C)nn(C)c1C. The number of aryl methyl sites for hydroxylation is 2. The number of likely N-dealkylation sites (tertiary alicyclic amines) is 1. The van der Waals surface area contributed by atoms with Gasteiger partial charge in [-0.1, -0.05) is 0 Å². The molecule has 1 aromatic rings. The first-order chi connectivity index (χ1) is 9.54. The second kappa shape index (κ2) is 6.39. The van der Waals surface area contributed by atoms with Crippen LogP contribution in [0.3, 0.4) is 0 Å². The highest BCUT2D eigenvalue weighted by molar-refractivity contribution is 5.77. The Hall–Kier alpha value is -1.36. The number of methoxy groups -OCH3 is 1. The molecule has 0 bridgehead atoms. The molecule has 1 atom stereocenters. The van der Waals surface area contributed by atoms with Crippen molar-refractivity contribution in [2.75, 3.05) is 20.3 Å². The van der Waals surface area contributed by atoms with Crippen LogP contribution in [0.4, 0.5) is 0 Å². The van der Waals surface area contributed by atoms with Crippen LogP contribution in [-0.2, 0) is 23.0 Å². The Bertz CT molecular complexity index is 482. The third-order valence-electron chi connectivity index (χ3n) is 4.30. The molecule has 2 heterocycles. The summed E-state index contributed by atoms with van der Waals surface area (Å²) in [5.41, 5.74) is 3.40. The molecule has 0 aliphatic carbocycles. The average Bonchev–Trinajstić information content (AvgIpc) is 2.95. The molecule has 0 radical (unpaired) electrons. The van der Waals surface area contributed by atoms with Gasteiger partial charge in [-0.15, -0.1) is 0 Å². The van der Waals surface area contributed by atoms with Crippen molar-refractivity contribution in [2.45, 2.75) is 45.6 Å². The van der Waals surface area contributed by atoms with Gasteiger partial charge in [0.2, 0.25) is 5.91 Å². The minimum absolute atomic E-state index is 0.243. The molecule has 1 aromatic heterocycles. The zero-order valence-corrected chi connectivity index (χ0v) is 13.0. The van der Waals surface area contributed by atoms with E-state index in [2.05, 4.69) is 12.0 Å². The molecule has 2 rings (SSSR count). The first-order valence-electron chi connectivity index (χ1n) is 7.32. The zero-order valence-electron chi connectivity index (χ0n) is 13.0. The molecule has 112 valence electrons. The van der Waals surface area contributed by atoms with Crippen LogP contribution in [0.2, 0.25) is 0 Å². The fraction of sp³-hybridized carbons (Fsp3) is 0.733. The van der Waals surface area contributed by atoms with Gasteiger partial charge in [-0.25, -0.2) is 0 Å². The summed E-state index contributed by atoms with van der Waals surface area (Å²) >= 11 is 0.